The lowest BCUT2D eigenvalue weighted by Crippen LogP contribution is -2.35. The lowest BCUT2D eigenvalue weighted by atomic mass is 9.70. The fourth-order valence-electron chi connectivity index (χ4n) is 12.4. The monoisotopic (exact) mass is 884 g/mol. The van der Waals surface area contributed by atoms with Crippen LogP contribution in [0.1, 0.15) is 44.2 Å². The number of hydrogen-bond donors (Lipinski definition) is 0. The zero-order valence-corrected chi connectivity index (χ0v) is 39.1. The molecule has 1 atom stereocenters. The summed E-state index contributed by atoms with van der Waals surface area (Å²) in [7, 11) is 0. The van der Waals surface area contributed by atoms with Crippen LogP contribution in [0.4, 0.5) is 11.4 Å². The Bertz CT molecular complexity index is 3760. The molecule has 0 bridgehead atoms. The van der Waals surface area contributed by atoms with Crippen molar-refractivity contribution in [3.8, 4) is 39.1 Å². The van der Waals surface area contributed by atoms with E-state index in [9.17, 15) is 0 Å². The Balaban J connectivity index is 0.868. The predicted octanol–water partition coefficient (Wildman–Crippen LogP) is 18.1. The van der Waals surface area contributed by atoms with Gasteiger partial charge in [-0.3, -0.25) is 0 Å². The van der Waals surface area contributed by atoms with E-state index in [0.29, 0.717) is 0 Å². The van der Waals surface area contributed by atoms with E-state index in [1.54, 1.807) is 5.57 Å². The third-order valence-corrected chi connectivity index (χ3v) is 15.6. The Kier molecular flexibility index (Phi) is 9.83. The van der Waals surface area contributed by atoms with E-state index in [1.807, 2.05) is 0 Å². The van der Waals surface area contributed by atoms with Crippen LogP contribution in [-0.2, 0) is 5.41 Å². The van der Waals surface area contributed by atoms with Crippen LogP contribution >= 0.6 is 0 Å². The molecule has 0 amide bonds. The van der Waals surface area contributed by atoms with Gasteiger partial charge in [0.15, 0.2) is 0 Å². The van der Waals surface area contributed by atoms with Crippen LogP contribution in [0.25, 0.3) is 88.0 Å². The topological polar surface area (TPSA) is 8.17 Å². The van der Waals surface area contributed by atoms with Crippen molar-refractivity contribution in [3.63, 3.8) is 0 Å². The number of hydrogen-bond acceptors (Lipinski definition) is 1. The Morgan fingerprint density at radius 1 is 0.449 bits per heavy atom. The molecule has 1 unspecified atom stereocenters. The van der Waals surface area contributed by atoms with Gasteiger partial charge in [0, 0.05) is 33.2 Å². The summed E-state index contributed by atoms with van der Waals surface area (Å²) in [5, 5.41) is 7.65. The highest BCUT2D eigenvalue weighted by molar-refractivity contribution is 6.21. The van der Waals surface area contributed by atoms with Crippen molar-refractivity contribution in [1.29, 1.82) is 0 Å². The highest BCUT2D eigenvalue weighted by Gasteiger charge is 2.44. The number of fused-ring (bicyclic) bond motifs is 7. The van der Waals surface area contributed by atoms with E-state index in [-0.39, 0.29) is 11.5 Å². The maximum Gasteiger partial charge on any atom is 0.0563 e. The molecule has 2 aliphatic rings. The minimum Gasteiger partial charge on any atom is -0.334 e. The van der Waals surface area contributed by atoms with Gasteiger partial charge in [-0.25, -0.2) is 0 Å². The molecule has 2 nitrogen and oxygen atoms in total. The summed E-state index contributed by atoms with van der Waals surface area (Å²) in [5.74, 6) is 0. The number of anilines is 2. The van der Waals surface area contributed by atoms with Crippen LogP contribution in [0.5, 0.6) is 0 Å². The van der Waals surface area contributed by atoms with Crippen LogP contribution in [0.3, 0.4) is 0 Å². The second kappa shape index (κ2) is 16.5. The van der Waals surface area contributed by atoms with E-state index in [0.717, 1.165) is 19.3 Å². The lowest BCUT2D eigenvalue weighted by Gasteiger charge is -2.39. The highest BCUT2D eigenvalue weighted by Crippen LogP contribution is 2.56. The first-order valence-corrected chi connectivity index (χ1v) is 24.7. The fraction of sp³-hybridized carbons (Fsp3) is 0.104. The first-order valence-electron chi connectivity index (χ1n) is 24.7. The van der Waals surface area contributed by atoms with Crippen LogP contribution < -0.4 is 4.90 Å². The summed E-state index contributed by atoms with van der Waals surface area (Å²) in [6, 6.07) is 83.3. The zero-order chi connectivity index (χ0) is 46.1. The van der Waals surface area contributed by atoms with Crippen molar-refractivity contribution in [2.75, 3.05) is 4.90 Å². The standard InChI is InChI=1S/C67H52N2/c1-3-67(4-2)61-43-48(47-35-41-64-60(42-47)55-26-18-19-31-63(55)69(64)50-24-12-7-13-25-50)34-39-53(61)54-40-38-52(44-62(54)67)68(49-22-10-6-11-23-49)51-36-32-46(33-37-51)66-58-29-16-14-27-56(58)65(45-20-8-5-9-21-45)57-28-15-17-30-59(57)66/h5-43,52H,3-4,44H2,1-2H3. The normalized spacial score (nSPS) is 15.0. The first-order chi connectivity index (χ1) is 34.1. The summed E-state index contributed by atoms with van der Waals surface area (Å²) in [6.07, 6.45) is 7.98. The molecule has 0 fully saturated rings. The highest BCUT2D eigenvalue weighted by atomic mass is 15.2. The van der Waals surface area contributed by atoms with Crippen LogP contribution in [0, 0.1) is 0 Å². The molecule has 0 spiro atoms. The SMILES string of the molecule is CCC1(CC)C2=C(C=CC(N(c3ccccc3)c3ccc(-c4c5ccccc5c(-c5ccccc5)c5ccccc45)cc3)C2)c2ccc(-c3ccc4c(c3)c3ccccc3n4-c3ccccc3)cc21. The average Bonchev–Trinajstić information content (AvgIpc) is 3.90. The summed E-state index contributed by atoms with van der Waals surface area (Å²) < 4.78 is 2.40. The third-order valence-electron chi connectivity index (χ3n) is 15.6. The molecule has 11 aromatic rings. The predicted molar refractivity (Wildman–Crippen MR) is 294 cm³/mol. The van der Waals surface area contributed by atoms with E-state index >= 15 is 0 Å². The number of aromatic nitrogens is 1. The van der Waals surface area contributed by atoms with Crippen molar-refractivity contribution >= 4 is 60.3 Å². The largest absolute Gasteiger partial charge is 0.334 e. The van der Waals surface area contributed by atoms with Crippen LogP contribution in [-0.4, -0.2) is 10.6 Å². The molecule has 0 aliphatic heterocycles. The first kappa shape index (κ1) is 41.0. The Morgan fingerprint density at radius 3 is 1.58 bits per heavy atom. The van der Waals surface area contributed by atoms with Crippen LogP contribution in [0.2, 0.25) is 0 Å². The Hall–Kier alpha value is -8.20. The number of allylic oxidation sites excluding steroid dienone is 2. The van der Waals surface area contributed by atoms with Crippen molar-refractivity contribution in [2.45, 2.75) is 44.6 Å². The minimum absolute atomic E-state index is 0.0582. The number of rotatable bonds is 9. The summed E-state index contributed by atoms with van der Waals surface area (Å²) in [6.45, 7) is 4.81. The Labute approximate surface area is 404 Å². The summed E-state index contributed by atoms with van der Waals surface area (Å²) >= 11 is 0. The maximum absolute atomic E-state index is 2.57. The molecule has 13 rings (SSSR count). The van der Waals surface area contributed by atoms with Gasteiger partial charge < -0.3 is 9.47 Å². The molecule has 69 heavy (non-hydrogen) atoms. The van der Waals surface area contributed by atoms with Gasteiger partial charge in [0.25, 0.3) is 0 Å². The van der Waals surface area contributed by atoms with Crippen LogP contribution in [0.15, 0.2) is 242 Å². The van der Waals surface area contributed by atoms with E-state index in [1.165, 1.54) is 110 Å². The molecule has 2 aliphatic carbocycles. The van der Waals surface area contributed by atoms with Crippen molar-refractivity contribution in [2.24, 2.45) is 0 Å². The Morgan fingerprint density at radius 2 is 0.942 bits per heavy atom. The van der Waals surface area contributed by atoms with Crippen molar-refractivity contribution in [1.82, 2.24) is 4.57 Å². The molecule has 330 valence electrons. The van der Waals surface area contributed by atoms with Crippen molar-refractivity contribution < 1.29 is 0 Å². The van der Waals surface area contributed by atoms with E-state index in [2.05, 4.69) is 260 Å². The molecule has 1 aromatic heterocycles. The molecule has 0 radical (unpaired) electrons. The third kappa shape index (κ3) is 6.46. The molecule has 2 heteroatoms. The number of para-hydroxylation sites is 3. The quantitative estimate of drug-likeness (QED) is 0.131. The summed E-state index contributed by atoms with van der Waals surface area (Å²) in [5.41, 5.74) is 19.4. The van der Waals surface area contributed by atoms with Crippen molar-refractivity contribution in [3.05, 3.63) is 253 Å². The van der Waals surface area contributed by atoms with E-state index in [4.69, 9.17) is 0 Å². The average molecular weight is 885 g/mol. The van der Waals surface area contributed by atoms with Gasteiger partial charge in [0.05, 0.1) is 17.1 Å². The number of benzene rings is 10. The van der Waals surface area contributed by atoms with Gasteiger partial charge in [-0.1, -0.05) is 190 Å². The minimum atomic E-state index is -0.0582. The molecule has 1 heterocycles. The lowest BCUT2D eigenvalue weighted by molar-refractivity contribution is 0.455. The zero-order valence-electron chi connectivity index (χ0n) is 39.1. The maximum atomic E-state index is 2.57. The fourth-order valence-corrected chi connectivity index (χ4v) is 12.4. The molecule has 0 N–H and O–H groups in total. The molecular formula is C67H52N2. The van der Waals surface area contributed by atoms with Gasteiger partial charge in [0.2, 0.25) is 0 Å². The molecule has 10 aromatic carbocycles. The van der Waals surface area contributed by atoms with Gasteiger partial charge in [-0.15, -0.1) is 0 Å². The number of nitrogens with zero attached hydrogens (tertiary/aromatic N) is 2. The van der Waals surface area contributed by atoms with E-state index < -0.39 is 0 Å². The summed E-state index contributed by atoms with van der Waals surface area (Å²) in [4.78, 5) is 2.57. The van der Waals surface area contributed by atoms with Gasteiger partial charge in [-0.2, -0.15) is 0 Å². The smallest absolute Gasteiger partial charge is 0.0563 e. The molecular weight excluding hydrogens is 833 g/mol. The second-order valence-electron chi connectivity index (χ2n) is 19.0. The van der Waals surface area contributed by atoms with Gasteiger partial charge in [0.1, 0.15) is 0 Å². The molecule has 0 saturated carbocycles. The van der Waals surface area contributed by atoms with Gasteiger partial charge >= 0.3 is 0 Å². The second-order valence-corrected chi connectivity index (χ2v) is 19.0. The van der Waals surface area contributed by atoms with Gasteiger partial charge in [-0.05, 0) is 157 Å². The molecule has 0 saturated heterocycles.